The van der Waals surface area contributed by atoms with E-state index >= 15 is 0 Å². The van der Waals surface area contributed by atoms with Crippen molar-refractivity contribution in [2.75, 3.05) is 10.6 Å². The minimum absolute atomic E-state index is 0.0520. The number of hydrogen-bond donors (Lipinski definition) is 2. The lowest BCUT2D eigenvalue weighted by molar-refractivity contribution is -0.0328. The molecule has 0 unspecified atom stereocenters. The molecule has 0 aliphatic heterocycles. The summed E-state index contributed by atoms with van der Waals surface area (Å²) >= 11 is 5.52. The fourth-order valence-corrected chi connectivity index (χ4v) is 2.23. The standard InChI is InChI=1S/C14H10ClF3N2OS/c15-9-1-3-10(4-2-9)19-13(21)20-11-5-7-12(8-6-11)22-14(16,17)18/h1-8H,(H2,19,20,21). The van der Waals surface area contributed by atoms with Crippen LogP contribution in [0.3, 0.4) is 0 Å². The molecule has 116 valence electrons. The quantitative estimate of drug-likeness (QED) is 0.711. The third-order valence-corrected chi connectivity index (χ3v) is 3.44. The molecule has 3 nitrogen and oxygen atoms in total. The van der Waals surface area contributed by atoms with Crippen molar-refractivity contribution in [1.82, 2.24) is 0 Å². The third-order valence-electron chi connectivity index (χ3n) is 2.45. The highest BCUT2D eigenvalue weighted by molar-refractivity contribution is 8.00. The minimum atomic E-state index is -4.33. The van der Waals surface area contributed by atoms with Crippen molar-refractivity contribution in [3.63, 3.8) is 0 Å². The van der Waals surface area contributed by atoms with Gasteiger partial charge in [0.1, 0.15) is 0 Å². The van der Waals surface area contributed by atoms with Crippen molar-refractivity contribution >= 4 is 40.8 Å². The lowest BCUT2D eigenvalue weighted by Gasteiger charge is -2.09. The zero-order valence-corrected chi connectivity index (χ0v) is 12.5. The number of thioether (sulfide) groups is 1. The predicted molar refractivity (Wildman–Crippen MR) is 82.4 cm³/mol. The number of halogens is 4. The van der Waals surface area contributed by atoms with E-state index in [0.29, 0.717) is 16.4 Å². The van der Waals surface area contributed by atoms with Crippen LogP contribution in [0.2, 0.25) is 5.02 Å². The molecular formula is C14H10ClF3N2OS. The van der Waals surface area contributed by atoms with Crippen LogP contribution in [-0.4, -0.2) is 11.5 Å². The summed E-state index contributed by atoms with van der Waals surface area (Å²) in [4.78, 5) is 11.8. The molecule has 0 fully saturated rings. The summed E-state index contributed by atoms with van der Waals surface area (Å²) in [5.41, 5.74) is -3.40. The largest absolute Gasteiger partial charge is 0.446 e. The predicted octanol–water partition coefficient (Wildman–Crippen LogP) is 5.60. The Morgan fingerprint density at radius 1 is 0.909 bits per heavy atom. The Kier molecular flexibility index (Phi) is 5.20. The number of amides is 2. The summed E-state index contributed by atoms with van der Waals surface area (Å²) in [5.74, 6) is 0. The van der Waals surface area contributed by atoms with Gasteiger partial charge in [0.25, 0.3) is 0 Å². The highest BCUT2D eigenvalue weighted by atomic mass is 35.5. The Labute approximate surface area is 133 Å². The lowest BCUT2D eigenvalue weighted by atomic mass is 10.3. The molecule has 0 spiro atoms. The average molecular weight is 347 g/mol. The Bertz CT molecular complexity index is 645. The van der Waals surface area contributed by atoms with Gasteiger partial charge in [0.15, 0.2) is 0 Å². The maximum absolute atomic E-state index is 12.2. The molecule has 0 atom stereocenters. The van der Waals surface area contributed by atoms with Crippen LogP contribution in [0.4, 0.5) is 29.3 Å². The van der Waals surface area contributed by atoms with E-state index in [9.17, 15) is 18.0 Å². The fourth-order valence-electron chi connectivity index (χ4n) is 1.57. The van der Waals surface area contributed by atoms with E-state index in [0.717, 1.165) is 0 Å². The molecule has 0 saturated carbocycles. The van der Waals surface area contributed by atoms with E-state index in [2.05, 4.69) is 10.6 Å². The molecule has 2 amide bonds. The second kappa shape index (κ2) is 6.93. The first-order valence-corrected chi connectivity index (χ1v) is 7.21. The molecule has 0 aliphatic carbocycles. The SMILES string of the molecule is O=C(Nc1ccc(Cl)cc1)Nc1ccc(SC(F)(F)F)cc1. The first kappa shape index (κ1) is 16.5. The van der Waals surface area contributed by atoms with Gasteiger partial charge in [-0.3, -0.25) is 0 Å². The normalized spacial score (nSPS) is 11.1. The molecule has 2 aromatic carbocycles. The van der Waals surface area contributed by atoms with E-state index in [1.54, 1.807) is 24.3 Å². The van der Waals surface area contributed by atoms with Crippen LogP contribution in [-0.2, 0) is 0 Å². The van der Waals surface area contributed by atoms with Crippen LogP contribution < -0.4 is 10.6 Å². The topological polar surface area (TPSA) is 41.1 Å². The van der Waals surface area contributed by atoms with Gasteiger partial charge >= 0.3 is 11.5 Å². The molecule has 2 N–H and O–H groups in total. The number of hydrogen-bond acceptors (Lipinski definition) is 2. The number of rotatable bonds is 3. The number of alkyl halides is 3. The summed E-state index contributed by atoms with van der Waals surface area (Å²) < 4.78 is 36.6. The van der Waals surface area contributed by atoms with Gasteiger partial charge in [0, 0.05) is 21.3 Å². The highest BCUT2D eigenvalue weighted by Crippen LogP contribution is 2.37. The van der Waals surface area contributed by atoms with Crippen LogP contribution >= 0.6 is 23.4 Å². The van der Waals surface area contributed by atoms with Gasteiger partial charge in [-0.1, -0.05) is 11.6 Å². The first-order chi connectivity index (χ1) is 10.3. The third kappa shape index (κ3) is 5.50. The molecule has 0 saturated heterocycles. The van der Waals surface area contributed by atoms with E-state index < -0.39 is 11.5 Å². The van der Waals surface area contributed by atoms with Crippen LogP contribution in [0.5, 0.6) is 0 Å². The minimum Gasteiger partial charge on any atom is -0.308 e. The number of benzene rings is 2. The fraction of sp³-hybridized carbons (Fsp3) is 0.0714. The summed E-state index contributed by atoms with van der Waals surface area (Å²) in [6.07, 6.45) is 0. The maximum atomic E-state index is 12.2. The van der Waals surface area contributed by atoms with Crippen LogP contribution in [0, 0.1) is 0 Å². The van der Waals surface area contributed by atoms with Gasteiger partial charge in [-0.05, 0) is 60.3 Å². The average Bonchev–Trinajstić information content (AvgIpc) is 2.42. The van der Waals surface area contributed by atoms with Crippen molar-refractivity contribution in [1.29, 1.82) is 0 Å². The van der Waals surface area contributed by atoms with Crippen molar-refractivity contribution in [2.24, 2.45) is 0 Å². The van der Waals surface area contributed by atoms with Gasteiger partial charge in [-0.15, -0.1) is 0 Å². The molecule has 2 aromatic rings. The van der Waals surface area contributed by atoms with Crippen LogP contribution in [0.1, 0.15) is 0 Å². The monoisotopic (exact) mass is 346 g/mol. The zero-order valence-electron chi connectivity index (χ0n) is 10.9. The van der Waals surface area contributed by atoms with Gasteiger partial charge in [-0.25, -0.2) is 4.79 Å². The van der Waals surface area contributed by atoms with E-state index in [1.165, 1.54) is 24.3 Å². The summed E-state index contributed by atoms with van der Waals surface area (Å²) in [7, 11) is 0. The molecule has 0 bridgehead atoms. The van der Waals surface area contributed by atoms with Crippen LogP contribution in [0.25, 0.3) is 0 Å². The number of urea groups is 1. The summed E-state index contributed by atoms with van der Waals surface area (Å²) in [6, 6.07) is 11.4. The Morgan fingerprint density at radius 2 is 1.36 bits per heavy atom. The smallest absolute Gasteiger partial charge is 0.308 e. The second-order valence-electron chi connectivity index (χ2n) is 4.16. The van der Waals surface area contributed by atoms with Gasteiger partial charge in [0.2, 0.25) is 0 Å². The summed E-state index contributed by atoms with van der Waals surface area (Å²) in [5, 5.41) is 5.64. The van der Waals surface area contributed by atoms with Gasteiger partial charge in [0.05, 0.1) is 0 Å². The van der Waals surface area contributed by atoms with Crippen LogP contribution in [0.15, 0.2) is 53.4 Å². The number of anilines is 2. The molecule has 8 heteroatoms. The Balaban J connectivity index is 1.93. The molecule has 22 heavy (non-hydrogen) atoms. The number of carbonyl (C=O) groups excluding carboxylic acids is 1. The Hall–Kier alpha value is -1.86. The second-order valence-corrected chi connectivity index (χ2v) is 5.73. The highest BCUT2D eigenvalue weighted by Gasteiger charge is 2.28. The molecule has 2 rings (SSSR count). The summed E-state index contributed by atoms with van der Waals surface area (Å²) in [6.45, 7) is 0. The van der Waals surface area contributed by atoms with Gasteiger partial charge in [-0.2, -0.15) is 13.2 Å². The molecule has 0 heterocycles. The molecule has 0 aromatic heterocycles. The maximum Gasteiger partial charge on any atom is 0.446 e. The molecule has 0 aliphatic rings. The zero-order chi connectivity index (χ0) is 16.2. The number of carbonyl (C=O) groups is 1. The van der Waals surface area contributed by atoms with Crippen molar-refractivity contribution in [3.05, 3.63) is 53.6 Å². The van der Waals surface area contributed by atoms with E-state index in [-0.39, 0.29) is 16.7 Å². The van der Waals surface area contributed by atoms with Crippen molar-refractivity contribution in [2.45, 2.75) is 10.4 Å². The van der Waals surface area contributed by atoms with E-state index in [4.69, 9.17) is 11.6 Å². The lowest BCUT2D eigenvalue weighted by Crippen LogP contribution is -2.19. The van der Waals surface area contributed by atoms with Crippen molar-refractivity contribution in [3.8, 4) is 0 Å². The number of nitrogens with one attached hydrogen (secondary N) is 2. The van der Waals surface area contributed by atoms with Gasteiger partial charge < -0.3 is 10.6 Å². The van der Waals surface area contributed by atoms with Crippen molar-refractivity contribution < 1.29 is 18.0 Å². The molecule has 0 radical (unpaired) electrons. The Morgan fingerprint density at radius 3 is 1.82 bits per heavy atom. The first-order valence-electron chi connectivity index (χ1n) is 6.01. The molecular weight excluding hydrogens is 337 g/mol. The van der Waals surface area contributed by atoms with E-state index in [1.807, 2.05) is 0 Å².